The Balaban J connectivity index is 1.66. The fraction of sp³-hybridized carbons (Fsp3) is 0.174. The number of aryl methyl sites for hydroxylation is 3. The van der Waals surface area contributed by atoms with Crippen molar-refractivity contribution in [3.8, 4) is 5.69 Å². The molecule has 0 aliphatic rings. The monoisotopic (exact) mass is 448 g/mol. The number of nitrogens with one attached hydrogen (secondary N) is 1. The zero-order chi connectivity index (χ0) is 22.7. The van der Waals surface area contributed by atoms with Crippen molar-refractivity contribution >= 4 is 23.4 Å². The minimum atomic E-state index is -0.465. The normalized spacial score (nSPS) is 10.9. The quantitative estimate of drug-likeness (QED) is 0.341. The van der Waals surface area contributed by atoms with Gasteiger partial charge in [-0.2, -0.15) is 0 Å². The molecule has 0 saturated heterocycles. The minimum absolute atomic E-state index is 0.159. The summed E-state index contributed by atoms with van der Waals surface area (Å²) in [5.41, 5.74) is 4.12. The standard InChI is InChI=1S/C23H21FN6OS/c1-14-9-10-17(12-19(14)24)27-22(31)21-20(13-32-23-25-15(2)11-16(3)26-23)30(29-28-21)18-7-5-4-6-8-18/h4-12H,13H2,1-3H3,(H,27,31). The molecule has 1 amide bonds. The molecule has 4 aromatic rings. The maximum absolute atomic E-state index is 13.9. The van der Waals surface area contributed by atoms with Gasteiger partial charge >= 0.3 is 0 Å². The molecule has 7 nitrogen and oxygen atoms in total. The van der Waals surface area contributed by atoms with E-state index >= 15 is 0 Å². The van der Waals surface area contributed by atoms with Gasteiger partial charge in [0.25, 0.3) is 5.91 Å². The van der Waals surface area contributed by atoms with E-state index in [0.717, 1.165) is 17.1 Å². The van der Waals surface area contributed by atoms with Crippen LogP contribution in [0.25, 0.3) is 5.69 Å². The van der Waals surface area contributed by atoms with Gasteiger partial charge in [-0.1, -0.05) is 41.2 Å². The van der Waals surface area contributed by atoms with E-state index in [0.29, 0.717) is 27.9 Å². The molecule has 0 aliphatic carbocycles. The fourth-order valence-corrected chi connectivity index (χ4v) is 4.08. The molecule has 162 valence electrons. The molecule has 2 aromatic carbocycles. The Morgan fingerprint density at radius 2 is 1.75 bits per heavy atom. The second-order valence-corrected chi connectivity index (χ2v) is 8.21. The number of thioether (sulfide) groups is 1. The third-order valence-corrected chi connectivity index (χ3v) is 5.57. The highest BCUT2D eigenvalue weighted by atomic mass is 32.2. The number of benzene rings is 2. The van der Waals surface area contributed by atoms with E-state index in [1.54, 1.807) is 23.7 Å². The summed E-state index contributed by atoms with van der Waals surface area (Å²) in [5.74, 6) is -0.485. The van der Waals surface area contributed by atoms with Crippen molar-refractivity contribution in [1.82, 2.24) is 25.0 Å². The van der Waals surface area contributed by atoms with Crippen LogP contribution in [0.3, 0.4) is 0 Å². The highest BCUT2D eigenvalue weighted by Crippen LogP contribution is 2.24. The van der Waals surface area contributed by atoms with Gasteiger partial charge in [-0.25, -0.2) is 19.0 Å². The van der Waals surface area contributed by atoms with Crippen molar-refractivity contribution in [3.05, 3.63) is 88.8 Å². The smallest absolute Gasteiger partial charge is 0.278 e. The van der Waals surface area contributed by atoms with Gasteiger partial charge in [0.15, 0.2) is 10.9 Å². The summed E-state index contributed by atoms with van der Waals surface area (Å²) in [6.07, 6.45) is 0. The lowest BCUT2D eigenvalue weighted by molar-refractivity contribution is 0.102. The van der Waals surface area contributed by atoms with Crippen LogP contribution in [-0.4, -0.2) is 30.9 Å². The predicted octanol–water partition coefficient (Wildman–Crippen LogP) is 4.67. The van der Waals surface area contributed by atoms with Crippen LogP contribution in [0.1, 0.15) is 33.1 Å². The van der Waals surface area contributed by atoms with Crippen LogP contribution in [0.4, 0.5) is 10.1 Å². The average molecular weight is 449 g/mol. The first-order valence-corrected chi connectivity index (χ1v) is 10.9. The van der Waals surface area contributed by atoms with E-state index in [2.05, 4.69) is 25.6 Å². The molecular weight excluding hydrogens is 427 g/mol. The molecule has 0 spiro atoms. The Bertz CT molecular complexity index is 1250. The molecule has 0 unspecified atom stereocenters. The summed E-state index contributed by atoms with van der Waals surface area (Å²) >= 11 is 1.39. The lowest BCUT2D eigenvalue weighted by Crippen LogP contribution is -2.15. The predicted molar refractivity (Wildman–Crippen MR) is 122 cm³/mol. The molecule has 1 N–H and O–H groups in total. The molecule has 0 atom stereocenters. The molecule has 0 radical (unpaired) electrons. The first-order chi connectivity index (χ1) is 15.4. The number of carbonyl (C=O) groups excluding carboxylic acids is 1. The number of carbonyl (C=O) groups is 1. The molecule has 2 heterocycles. The minimum Gasteiger partial charge on any atom is -0.320 e. The number of anilines is 1. The van der Waals surface area contributed by atoms with E-state index in [1.165, 1.54) is 17.8 Å². The zero-order valence-electron chi connectivity index (χ0n) is 17.8. The van der Waals surface area contributed by atoms with Crippen LogP contribution in [0, 0.1) is 26.6 Å². The Morgan fingerprint density at radius 1 is 1.03 bits per heavy atom. The van der Waals surface area contributed by atoms with Crippen LogP contribution >= 0.6 is 11.8 Å². The van der Waals surface area contributed by atoms with Gasteiger partial charge in [-0.3, -0.25) is 4.79 Å². The number of hydrogen-bond donors (Lipinski definition) is 1. The van der Waals surface area contributed by atoms with E-state index in [9.17, 15) is 9.18 Å². The van der Waals surface area contributed by atoms with Crippen LogP contribution in [0.2, 0.25) is 0 Å². The van der Waals surface area contributed by atoms with Crippen molar-refractivity contribution in [2.24, 2.45) is 0 Å². The van der Waals surface area contributed by atoms with Crippen LogP contribution in [0.15, 0.2) is 59.8 Å². The summed E-state index contributed by atoms with van der Waals surface area (Å²) in [6, 6.07) is 15.9. The largest absolute Gasteiger partial charge is 0.320 e. The number of nitrogens with zero attached hydrogens (tertiary/aromatic N) is 5. The zero-order valence-corrected chi connectivity index (χ0v) is 18.7. The van der Waals surface area contributed by atoms with E-state index in [1.807, 2.05) is 50.2 Å². The Hall–Kier alpha value is -3.59. The highest BCUT2D eigenvalue weighted by molar-refractivity contribution is 7.98. The Labute approximate surface area is 189 Å². The highest BCUT2D eigenvalue weighted by Gasteiger charge is 2.22. The van der Waals surface area contributed by atoms with Gasteiger partial charge in [-0.05, 0) is 56.7 Å². The molecule has 9 heteroatoms. The summed E-state index contributed by atoms with van der Waals surface area (Å²) in [5, 5.41) is 11.7. The number of aromatic nitrogens is 5. The number of halogens is 1. The average Bonchev–Trinajstić information content (AvgIpc) is 3.19. The fourth-order valence-electron chi connectivity index (χ4n) is 3.14. The lowest BCUT2D eigenvalue weighted by atomic mass is 10.2. The SMILES string of the molecule is Cc1cc(C)nc(SCc2c(C(=O)Nc3ccc(C)c(F)c3)nnn2-c2ccccc2)n1. The van der Waals surface area contributed by atoms with Crippen LogP contribution < -0.4 is 5.32 Å². The third kappa shape index (κ3) is 4.83. The number of para-hydroxylation sites is 1. The second kappa shape index (κ2) is 9.27. The van der Waals surface area contributed by atoms with Gasteiger partial charge in [0.1, 0.15) is 5.82 Å². The molecule has 2 aromatic heterocycles. The molecule has 4 rings (SSSR count). The van der Waals surface area contributed by atoms with Crippen molar-refractivity contribution in [2.45, 2.75) is 31.7 Å². The van der Waals surface area contributed by atoms with Crippen molar-refractivity contribution in [3.63, 3.8) is 0 Å². The number of hydrogen-bond acceptors (Lipinski definition) is 6. The Morgan fingerprint density at radius 3 is 2.44 bits per heavy atom. The summed E-state index contributed by atoms with van der Waals surface area (Å²) in [4.78, 5) is 21.9. The molecule has 0 fully saturated rings. The van der Waals surface area contributed by atoms with Crippen LogP contribution in [-0.2, 0) is 5.75 Å². The second-order valence-electron chi connectivity index (χ2n) is 7.27. The lowest BCUT2D eigenvalue weighted by Gasteiger charge is -2.09. The van der Waals surface area contributed by atoms with Crippen molar-refractivity contribution < 1.29 is 9.18 Å². The molecule has 0 saturated carbocycles. The van der Waals surface area contributed by atoms with E-state index in [4.69, 9.17) is 0 Å². The third-order valence-electron chi connectivity index (χ3n) is 4.71. The van der Waals surface area contributed by atoms with Gasteiger partial charge in [0, 0.05) is 22.8 Å². The molecule has 0 aliphatic heterocycles. The maximum Gasteiger partial charge on any atom is 0.278 e. The van der Waals surface area contributed by atoms with E-state index < -0.39 is 11.7 Å². The van der Waals surface area contributed by atoms with Gasteiger partial charge < -0.3 is 5.32 Å². The Kier molecular flexibility index (Phi) is 6.27. The van der Waals surface area contributed by atoms with Gasteiger partial charge in [-0.15, -0.1) is 5.10 Å². The molecule has 32 heavy (non-hydrogen) atoms. The van der Waals surface area contributed by atoms with Gasteiger partial charge in [0.05, 0.1) is 11.4 Å². The number of amides is 1. The van der Waals surface area contributed by atoms with Crippen molar-refractivity contribution in [1.29, 1.82) is 0 Å². The number of rotatable bonds is 6. The first-order valence-electron chi connectivity index (χ1n) is 9.93. The summed E-state index contributed by atoms with van der Waals surface area (Å²) in [6.45, 7) is 5.49. The van der Waals surface area contributed by atoms with E-state index in [-0.39, 0.29) is 5.69 Å². The first kappa shape index (κ1) is 21.6. The molecular formula is C23H21FN6OS. The summed E-state index contributed by atoms with van der Waals surface area (Å²) < 4.78 is 15.5. The summed E-state index contributed by atoms with van der Waals surface area (Å²) in [7, 11) is 0. The topological polar surface area (TPSA) is 85.6 Å². The molecule has 0 bridgehead atoms. The van der Waals surface area contributed by atoms with Crippen LogP contribution in [0.5, 0.6) is 0 Å². The van der Waals surface area contributed by atoms with Crippen molar-refractivity contribution in [2.75, 3.05) is 5.32 Å². The maximum atomic E-state index is 13.9. The van der Waals surface area contributed by atoms with Gasteiger partial charge in [0.2, 0.25) is 0 Å².